The van der Waals surface area contributed by atoms with Crippen LogP contribution in [0.2, 0.25) is 5.15 Å². The van der Waals surface area contributed by atoms with Gasteiger partial charge < -0.3 is 14.6 Å². The van der Waals surface area contributed by atoms with Crippen LogP contribution in [0.4, 0.5) is 14.5 Å². The van der Waals surface area contributed by atoms with E-state index < -0.39 is 17.7 Å². The molecule has 1 aliphatic heterocycles. The molecule has 0 spiro atoms. The molecule has 2 unspecified atom stereocenters. The normalized spacial score (nSPS) is 17.5. The van der Waals surface area contributed by atoms with Crippen molar-refractivity contribution in [1.29, 1.82) is 0 Å². The highest BCUT2D eigenvalue weighted by atomic mass is 35.5. The molecule has 1 fully saturated rings. The predicted molar refractivity (Wildman–Crippen MR) is 126 cm³/mol. The Labute approximate surface area is 203 Å². The van der Waals surface area contributed by atoms with Crippen molar-refractivity contribution in [2.75, 3.05) is 17.9 Å². The van der Waals surface area contributed by atoms with Gasteiger partial charge in [0.2, 0.25) is 0 Å². The molecule has 10 heteroatoms. The molecule has 1 aliphatic rings. The Hall–Kier alpha value is -3.16. The van der Waals surface area contributed by atoms with Crippen LogP contribution < -0.4 is 4.72 Å². The quantitative estimate of drug-likeness (QED) is 0.239. The lowest BCUT2D eigenvalue weighted by atomic mass is 10.1. The molecule has 4 heterocycles. The second kappa shape index (κ2) is 9.60. The monoisotopic (exact) mass is 498 g/mol. The third-order valence-electron chi connectivity index (χ3n) is 5.30. The summed E-state index contributed by atoms with van der Waals surface area (Å²) >= 11 is 7.20. The molecule has 2 N–H and O–H groups in total. The molecule has 0 saturated carbocycles. The molecular weight excluding hydrogens is 482 g/mol. The number of hydrogen-bond donors (Lipinski definition) is 2. The molecule has 2 atom stereocenters. The van der Waals surface area contributed by atoms with E-state index in [4.69, 9.17) is 16.3 Å². The maximum absolute atomic E-state index is 13.9. The SMILES string of the molecule is OC1COCC1C#Cc1cnn2ccc(-c3cnc(Cl)c(NSc4ccc(F)cc4F)c3)cc12. The predicted octanol–water partition coefficient (Wildman–Crippen LogP) is 4.81. The van der Waals surface area contributed by atoms with Crippen molar-refractivity contribution < 1.29 is 18.6 Å². The highest BCUT2D eigenvalue weighted by molar-refractivity contribution is 8.00. The first-order valence-electron chi connectivity index (χ1n) is 10.3. The molecule has 5 rings (SSSR count). The van der Waals surface area contributed by atoms with E-state index in [0.717, 1.165) is 40.2 Å². The molecule has 0 amide bonds. The summed E-state index contributed by atoms with van der Waals surface area (Å²) in [5, 5.41) is 14.5. The number of halogens is 3. The number of aromatic nitrogens is 3. The van der Waals surface area contributed by atoms with Crippen molar-refractivity contribution >= 4 is 34.8 Å². The zero-order valence-corrected chi connectivity index (χ0v) is 19.1. The number of aliphatic hydroxyl groups excluding tert-OH is 1. The number of fused-ring (bicyclic) bond motifs is 1. The first-order valence-corrected chi connectivity index (χ1v) is 11.5. The van der Waals surface area contributed by atoms with Gasteiger partial charge in [-0.25, -0.2) is 18.3 Å². The fourth-order valence-electron chi connectivity index (χ4n) is 3.45. The van der Waals surface area contributed by atoms with E-state index in [1.165, 1.54) is 12.1 Å². The van der Waals surface area contributed by atoms with Crippen LogP contribution in [0.3, 0.4) is 0 Å². The summed E-state index contributed by atoms with van der Waals surface area (Å²) in [7, 11) is 0. The Balaban J connectivity index is 1.41. The summed E-state index contributed by atoms with van der Waals surface area (Å²) in [6.45, 7) is 0.703. The molecule has 0 bridgehead atoms. The van der Waals surface area contributed by atoms with E-state index in [-0.39, 0.29) is 16.0 Å². The Morgan fingerprint density at radius 2 is 2.03 bits per heavy atom. The van der Waals surface area contributed by atoms with Gasteiger partial charge in [-0.15, -0.1) is 0 Å². The molecule has 6 nitrogen and oxygen atoms in total. The molecule has 0 aliphatic carbocycles. The summed E-state index contributed by atoms with van der Waals surface area (Å²) in [5.74, 6) is 4.62. The highest BCUT2D eigenvalue weighted by Gasteiger charge is 2.24. The summed E-state index contributed by atoms with van der Waals surface area (Å²) in [4.78, 5) is 4.46. The van der Waals surface area contributed by atoms with Gasteiger partial charge in [-0.3, -0.25) is 0 Å². The number of aliphatic hydroxyl groups is 1. The topological polar surface area (TPSA) is 71.7 Å². The fourth-order valence-corrected chi connectivity index (χ4v) is 4.33. The lowest BCUT2D eigenvalue weighted by Gasteiger charge is -2.10. The lowest BCUT2D eigenvalue weighted by Crippen LogP contribution is -2.15. The zero-order chi connectivity index (χ0) is 23.7. The molecular formula is C24H17ClF2N4O2S. The van der Waals surface area contributed by atoms with E-state index in [1.807, 2.05) is 18.3 Å². The first kappa shape index (κ1) is 22.6. The maximum Gasteiger partial charge on any atom is 0.152 e. The third kappa shape index (κ3) is 4.72. The van der Waals surface area contributed by atoms with Crippen LogP contribution in [-0.2, 0) is 4.74 Å². The van der Waals surface area contributed by atoms with Crippen molar-refractivity contribution in [2.45, 2.75) is 11.0 Å². The minimum absolute atomic E-state index is 0.216. The number of pyridine rings is 2. The molecule has 4 aromatic rings. The minimum atomic E-state index is -0.672. The zero-order valence-electron chi connectivity index (χ0n) is 17.5. The number of hydrogen-bond acceptors (Lipinski definition) is 6. The number of nitrogens with one attached hydrogen (secondary N) is 1. The number of ether oxygens (including phenoxy) is 1. The van der Waals surface area contributed by atoms with E-state index in [0.29, 0.717) is 18.9 Å². The van der Waals surface area contributed by atoms with Gasteiger partial charge in [0.1, 0.15) is 11.6 Å². The van der Waals surface area contributed by atoms with Crippen molar-refractivity contribution in [3.8, 4) is 23.0 Å². The van der Waals surface area contributed by atoms with Gasteiger partial charge in [-0.05, 0) is 47.8 Å². The average Bonchev–Trinajstić information content (AvgIpc) is 3.43. The molecule has 34 heavy (non-hydrogen) atoms. The van der Waals surface area contributed by atoms with E-state index in [9.17, 15) is 13.9 Å². The van der Waals surface area contributed by atoms with Crippen LogP contribution in [0.15, 0.2) is 59.9 Å². The van der Waals surface area contributed by atoms with Gasteiger partial charge in [0, 0.05) is 24.0 Å². The van der Waals surface area contributed by atoms with Crippen LogP contribution in [0.5, 0.6) is 0 Å². The van der Waals surface area contributed by atoms with Crippen LogP contribution in [-0.4, -0.2) is 39.0 Å². The van der Waals surface area contributed by atoms with Crippen molar-refractivity contribution in [3.63, 3.8) is 0 Å². The Morgan fingerprint density at radius 1 is 1.15 bits per heavy atom. The van der Waals surface area contributed by atoms with Gasteiger partial charge in [0.25, 0.3) is 0 Å². The lowest BCUT2D eigenvalue weighted by molar-refractivity contribution is 0.123. The second-order valence-corrected chi connectivity index (χ2v) is 8.83. The number of nitrogens with zero attached hydrogens (tertiary/aromatic N) is 3. The largest absolute Gasteiger partial charge is 0.389 e. The fraction of sp³-hybridized carbons (Fsp3) is 0.167. The molecule has 3 aromatic heterocycles. The molecule has 172 valence electrons. The molecule has 0 radical (unpaired) electrons. The van der Waals surface area contributed by atoms with E-state index in [2.05, 4.69) is 26.6 Å². The minimum Gasteiger partial charge on any atom is -0.389 e. The standard InChI is InChI=1S/C24H17ClF2N4O2S/c25-24-20(30-34-23-4-3-18(26)9-19(23)27)7-17(10-28-24)14-5-6-31-21(8-14)15(11-29-31)1-2-16-12-33-13-22(16)32/h3-11,16,22,30,32H,12-13H2. The van der Waals surface area contributed by atoms with Crippen LogP contribution in [0, 0.1) is 29.4 Å². The van der Waals surface area contributed by atoms with Gasteiger partial charge in [0.05, 0.1) is 53.1 Å². The average molecular weight is 499 g/mol. The maximum atomic E-state index is 13.9. The van der Waals surface area contributed by atoms with Crippen LogP contribution in [0.1, 0.15) is 5.56 Å². The first-order chi connectivity index (χ1) is 16.5. The van der Waals surface area contributed by atoms with Crippen molar-refractivity contribution in [2.24, 2.45) is 5.92 Å². The van der Waals surface area contributed by atoms with E-state index in [1.54, 1.807) is 23.0 Å². The smallest absolute Gasteiger partial charge is 0.152 e. The van der Waals surface area contributed by atoms with Crippen LogP contribution >= 0.6 is 23.5 Å². The van der Waals surface area contributed by atoms with E-state index >= 15 is 0 Å². The Morgan fingerprint density at radius 3 is 2.82 bits per heavy atom. The van der Waals surface area contributed by atoms with Gasteiger partial charge in [-0.1, -0.05) is 23.4 Å². The number of rotatable bonds is 4. The summed E-state index contributed by atoms with van der Waals surface area (Å²) in [6.07, 6.45) is 4.54. The van der Waals surface area contributed by atoms with Crippen LogP contribution in [0.25, 0.3) is 16.6 Å². The van der Waals surface area contributed by atoms with Crippen molar-refractivity contribution in [3.05, 3.63) is 77.3 Å². The van der Waals surface area contributed by atoms with Crippen molar-refractivity contribution in [1.82, 2.24) is 14.6 Å². The molecule has 1 aromatic carbocycles. The third-order valence-corrected chi connectivity index (χ3v) is 6.48. The van der Waals surface area contributed by atoms with Gasteiger partial charge >= 0.3 is 0 Å². The summed E-state index contributed by atoms with van der Waals surface area (Å²) in [5.41, 5.74) is 3.63. The Kier molecular flexibility index (Phi) is 6.39. The Bertz CT molecular complexity index is 1440. The summed E-state index contributed by atoms with van der Waals surface area (Å²) in [6, 6.07) is 8.96. The van der Waals surface area contributed by atoms with Gasteiger partial charge in [0.15, 0.2) is 5.15 Å². The second-order valence-electron chi connectivity index (χ2n) is 7.63. The molecule has 1 saturated heterocycles. The van der Waals surface area contributed by atoms with Gasteiger partial charge in [-0.2, -0.15) is 5.10 Å². The summed E-state index contributed by atoms with van der Waals surface area (Å²) < 4.78 is 37.0. The highest BCUT2D eigenvalue weighted by Crippen LogP contribution is 2.32. The number of anilines is 1. The number of benzene rings is 1.